The largest absolute Gasteiger partial charge is 0.312 e. The molecule has 31 heavy (non-hydrogen) atoms. The van der Waals surface area contributed by atoms with Gasteiger partial charge in [-0.25, -0.2) is 9.67 Å². The van der Waals surface area contributed by atoms with Crippen LogP contribution in [0, 0.1) is 6.92 Å². The van der Waals surface area contributed by atoms with E-state index in [9.17, 15) is 9.59 Å². The molecule has 1 aliphatic heterocycles. The first-order valence-electron chi connectivity index (χ1n) is 10.5. The Labute approximate surface area is 179 Å². The molecular formula is C24H23N5O2. The van der Waals surface area contributed by atoms with Gasteiger partial charge in [0.25, 0.3) is 5.56 Å². The molecule has 0 saturated carbocycles. The van der Waals surface area contributed by atoms with E-state index < -0.39 is 0 Å². The molecule has 0 fully saturated rings. The van der Waals surface area contributed by atoms with Crippen LogP contribution in [0.15, 0.2) is 65.8 Å². The summed E-state index contributed by atoms with van der Waals surface area (Å²) in [6.07, 6.45) is 5.24. The third-order valence-electron chi connectivity index (χ3n) is 5.81. The summed E-state index contributed by atoms with van der Waals surface area (Å²) in [6, 6.07) is 15.9. The van der Waals surface area contributed by atoms with E-state index in [1.54, 1.807) is 10.9 Å². The minimum atomic E-state index is -0.185. The van der Waals surface area contributed by atoms with Crippen molar-refractivity contribution in [2.75, 3.05) is 11.4 Å². The Balaban J connectivity index is 1.37. The number of hydrogen-bond acceptors (Lipinski definition) is 4. The van der Waals surface area contributed by atoms with Gasteiger partial charge in [0.15, 0.2) is 5.65 Å². The molecule has 0 spiro atoms. The van der Waals surface area contributed by atoms with Gasteiger partial charge in [0, 0.05) is 25.2 Å². The Morgan fingerprint density at radius 3 is 2.74 bits per heavy atom. The summed E-state index contributed by atoms with van der Waals surface area (Å²) in [7, 11) is 0. The number of aryl methyl sites for hydroxylation is 3. The minimum Gasteiger partial charge on any atom is -0.312 e. The molecule has 0 aliphatic carbocycles. The predicted octanol–water partition coefficient (Wildman–Crippen LogP) is 3.26. The van der Waals surface area contributed by atoms with Crippen molar-refractivity contribution in [3.8, 4) is 5.69 Å². The van der Waals surface area contributed by atoms with Crippen LogP contribution < -0.4 is 10.5 Å². The van der Waals surface area contributed by atoms with E-state index in [1.807, 2.05) is 54.3 Å². The molecule has 0 bridgehead atoms. The van der Waals surface area contributed by atoms with Gasteiger partial charge in [-0.2, -0.15) is 5.10 Å². The fourth-order valence-corrected chi connectivity index (χ4v) is 4.13. The summed E-state index contributed by atoms with van der Waals surface area (Å²) in [5.74, 6) is 0.0227. The summed E-state index contributed by atoms with van der Waals surface area (Å²) in [5, 5.41) is 4.80. The van der Waals surface area contributed by atoms with Crippen molar-refractivity contribution in [1.82, 2.24) is 19.3 Å². The number of nitrogens with zero attached hydrogens (tertiary/aromatic N) is 5. The topological polar surface area (TPSA) is 73.0 Å². The zero-order chi connectivity index (χ0) is 21.4. The zero-order valence-electron chi connectivity index (χ0n) is 17.4. The van der Waals surface area contributed by atoms with E-state index in [2.05, 4.69) is 16.1 Å². The average molecular weight is 413 g/mol. The van der Waals surface area contributed by atoms with Crippen molar-refractivity contribution >= 4 is 22.6 Å². The molecule has 2 aromatic heterocycles. The number of amides is 1. The molecule has 0 unspecified atom stereocenters. The molecule has 4 aromatic rings. The van der Waals surface area contributed by atoms with Crippen molar-refractivity contribution < 1.29 is 4.79 Å². The summed E-state index contributed by atoms with van der Waals surface area (Å²) in [4.78, 5) is 32.2. The molecule has 0 saturated heterocycles. The van der Waals surface area contributed by atoms with Crippen LogP contribution in [0.5, 0.6) is 0 Å². The second-order valence-electron chi connectivity index (χ2n) is 7.90. The standard InChI is InChI=1S/C24H23N5O2/c1-17-8-10-19(11-9-17)29-23-20(15-26-29)24(31)27(16-25-23)14-12-22(30)28-13-4-6-18-5-2-3-7-21(18)28/h2-3,5,7-11,15-16H,4,6,12-14H2,1H3. The summed E-state index contributed by atoms with van der Waals surface area (Å²) >= 11 is 0. The van der Waals surface area contributed by atoms with Gasteiger partial charge in [0.05, 0.1) is 18.2 Å². The van der Waals surface area contributed by atoms with Gasteiger partial charge in [0.1, 0.15) is 5.39 Å². The van der Waals surface area contributed by atoms with Gasteiger partial charge in [-0.15, -0.1) is 0 Å². The van der Waals surface area contributed by atoms with Crippen molar-refractivity contribution in [3.05, 3.63) is 82.5 Å². The SMILES string of the molecule is Cc1ccc(-n2ncc3c(=O)n(CCC(=O)N4CCCc5ccccc54)cnc32)cc1. The monoisotopic (exact) mass is 413 g/mol. The molecular weight excluding hydrogens is 390 g/mol. The molecule has 0 N–H and O–H groups in total. The Morgan fingerprint density at radius 1 is 1.10 bits per heavy atom. The highest BCUT2D eigenvalue weighted by Crippen LogP contribution is 2.27. The van der Waals surface area contributed by atoms with Crippen molar-refractivity contribution in [1.29, 1.82) is 0 Å². The maximum absolute atomic E-state index is 13.0. The fraction of sp³-hybridized carbons (Fsp3) is 0.250. The van der Waals surface area contributed by atoms with Crippen molar-refractivity contribution in [3.63, 3.8) is 0 Å². The van der Waals surface area contributed by atoms with E-state index >= 15 is 0 Å². The lowest BCUT2D eigenvalue weighted by Crippen LogP contribution is -2.36. The molecule has 156 valence electrons. The highest BCUT2D eigenvalue weighted by molar-refractivity contribution is 5.94. The molecule has 3 heterocycles. The lowest BCUT2D eigenvalue weighted by atomic mass is 10.0. The fourth-order valence-electron chi connectivity index (χ4n) is 4.13. The number of para-hydroxylation sites is 1. The van der Waals surface area contributed by atoms with Crippen LogP contribution in [0.1, 0.15) is 24.0 Å². The first-order valence-corrected chi connectivity index (χ1v) is 10.5. The number of carbonyl (C=O) groups excluding carboxylic acids is 1. The quantitative estimate of drug-likeness (QED) is 0.515. The van der Waals surface area contributed by atoms with Gasteiger partial charge in [-0.1, -0.05) is 35.9 Å². The van der Waals surface area contributed by atoms with Gasteiger partial charge >= 0.3 is 0 Å². The molecule has 0 atom stereocenters. The Morgan fingerprint density at radius 2 is 1.90 bits per heavy atom. The summed E-state index contributed by atoms with van der Waals surface area (Å²) in [5.41, 5.74) is 4.52. The number of aromatic nitrogens is 4. The number of fused-ring (bicyclic) bond motifs is 2. The second-order valence-corrected chi connectivity index (χ2v) is 7.90. The maximum atomic E-state index is 13.0. The Kier molecular flexibility index (Phi) is 4.86. The molecule has 1 amide bonds. The number of carbonyl (C=O) groups is 1. The van der Waals surface area contributed by atoms with Crippen LogP contribution >= 0.6 is 0 Å². The lowest BCUT2D eigenvalue weighted by molar-refractivity contribution is -0.118. The van der Waals surface area contributed by atoms with E-state index in [1.165, 1.54) is 16.5 Å². The molecule has 7 nitrogen and oxygen atoms in total. The smallest absolute Gasteiger partial charge is 0.264 e. The number of hydrogen-bond donors (Lipinski definition) is 0. The molecule has 5 rings (SSSR count). The number of benzene rings is 2. The molecule has 1 aliphatic rings. The first-order chi connectivity index (χ1) is 15.1. The van der Waals surface area contributed by atoms with Gasteiger partial charge < -0.3 is 4.90 Å². The maximum Gasteiger partial charge on any atom is 0.264 e. The van der Waals surface area contributed by atoms with E-state index in [0.29, 0.717) is 17.6 Å². The van der Waals surface area contributed by atoms with Crippen LogP contribution in [-0.2, 0) is 17.8 Å². The highest BCUT2D eigenvalue weighted by atomic mass is 16.2. The lowest BCUT2D eigenvalue weighted by Gasteiger charge is -2.29. The number of anilines is 1. The Hall–Kier alpha value is -3.74. The highest BCUT2D eigenvalue weighted by Gasteiger charge is 2.22. The van der Waals surface area contributed by atoms with E-state index in [0.717, 1.165) is 29.8 Å². The van der Waals surface area contributed by atoms with E-state index in [-0.39, 0.29) is 24.4 Å². The van der Waals surface area contributed by atoms with Gasteiger partial charge in [0.2, 0.25) is 5.91 Å². The van der Waals surface area contributed by atoms with Crippen LogP contribution in [0.2, 0.25) is 0 Å². The third kappa shape index (κ3) is 3.52. The first kappa shape index (κ1) is 19.2. The normalized spacial score (nSPS) is 13.4. The molecule has 7 heteroatoms. The average Bonchev–Trinajstić information content (AvgIpc) is 3.23. The molecule has 2 aromatic carbocycles. The number of rotatable bonds is 4. The molecule has 0 radical (unpaired) electrons. The van der Waals surface area contributed by atoms with Crippen molar-refractivity contribution in [2.45, 2.75) is 32.7 Å². The summed E-state index contributed by atoms with van der Waals surface area (Å²) < 4.78 is 3.16. The van der Waals surface area contributed by atoms with Crippen LogP contribution in [-0.4, -0.2) is 31.8 Å². The Bertz CT molecular complexity index is 1320. The van der Waals surface area contributed by atoms with E-state index in [4.69, 9.17) is 0 Å². The predicted molar refractivity (Wildman–Crippen MR) is 120 cm³/mol. The minimum absolute atomic E-state index is 0.0227. The van der Waals surface area contributed by atoms with Crippen LogP contribution in [0.25, 0.3) is 16.7 Å². The third-order valence-corrected chi connectivity index (χ3v) is 5.81. The van der Waals surface area contributed by atoms with Gasteiger partial charge in [-0.3, -0.25) is 14.2 Å². The zero-order valence-corrected chi connectivity index (χ0v) is 17.4. The van der Waals surface area contributed by atoms with Gasteiger partial charge in [-0.05, 0) is 43.5 Å². The van der Waals surface area contributed by atoms with Crippen molar-refractivity contribution in [2.24, 2.45) is 0 Å². The van der Waals surface area contributed by atoms with Crippen LogP contribution in [0.3, 0.4) is 0 Å². The summed E-state index contributed by atoms with van der Waals surface area (Å²) in [6.45, 7) is 3.02. The van der Waals surface area contributed by atoms with Crippen LogP contribution in [0.4, 0.5) is 5.69 Å². The second kappa shape index (κ2) is 7.83.